The Hall–Kier alpha value is -2.18. The number of aliphatic carboxylic acids is 1. The van der Waals surface area contributed by atoms with E-state index < -0.39 is 35.0 Å². The number of carboxylic acid groups (broad SMARTS) is 1. The van der Waals surface area contributed by atoms with Crippen LogP contribution in [0.25, 0.3) is 0 Å². The molecule has 0 fully saturated rings. The maximum absolute atomic E-state index is 13.3. The molecule has 7 heteroatoms. The van der Waals surface area contributed by atoms with E-state index in [1.54, 1.807) is 0 Å². The molecule has 0 amide bonds. The fourth-order valence-electron chi connectivity index (χ4n) is 1.21. The maximum Gasteiger partial charge on any atom is 0.344 e. The second-order valence-electron chi connectivity index (χ2n) is 3.33. The molecule has 1 aromatic rings. The third-order valence-electron chi connectivity index (χ3n) is 2.15. The number of benzene rings is 1. The first-order chi connectivity index (χ1) is 8.42. The number of ether oxygens (including phenoxy) is 2. The highest BCUT2D eigenvalue weighted by atomic mass is 19.2. The predicted octanol–water partition coefficient (Wildman–Crippen LogP) is 1.64. The Morgan fingerprint density at radius 1 is 1.50 bits per heavy atom. The summed E-state index contributed by atoms with van der Waals surface area (Å²) in [5.74, 6) is -4.73. The molecule has 5 nitrogen and oxygen atoms in total. The quantitative estimate of drug-likeness (QED) is 0.815. The molecule has 0 spiro atoms. The number of aldehydes is 1. The number of methoxy groups -OCH3 is 1. The van der Waals surface area contributed by atoms with Gasteiger partial charge in [0.1, 0.15) is 0 Å². The lowest BCUT2D eigenvalue weighted by atomic mass is 10.1. The van der Waals surface area contributed by atoms with Gasteiger partial charge >= 0.3 is 5.97 Å². The monoisotopic (exact) mass is 260 g/mol. The van der Waals surface area contributed by atoms with Crippen molar-refractivity contribution in [3.63, 3.8) is 0 Å². The Morgan fingerprint density at radius 3 is 2.56 bits per heavy atom. The summed E-state index contributed by atoms with van der Waals surface area (Å²) in [6, 6.07) is 0.673. The summed E-state index contributed by atoms with van der Waals surface area (Å²) >= 11 is 0. The van der Waals surface area contributed by atoms with Crippen molar-refractivity contribution >= 4 is 12.3 Å². The Balaban J connectivity index is 3.35. The zero-order valence-corrected chi connectivity index (χ0v) is 9.57. The molecule has 1 N–H and O–H groups in total. The van der Waals surface area contributed by atoms with Crippen molar-refractivity contribution in [1.82, 2.24) is 0 Å². The summed E-state index contributed by atoms with van der Waals surface area (Å²) in [6.45, 7) is 1.18. The zero-order valence-electron chi connectivity index (χ0n) is 9.57. The first kappa shape index (κ1) is 13.9. The topological polar surface area (TPSA) is 72.8 Å². The molecule has 0 aliphatic carbocycles. The minimum Gasteiger partial charge on any atom is -0.493 e. The largest absolute Gasteiger partial charge is 0.493 e. The molecule has 18 heavy (non-hydrogen) atoms. The van der Waals surface area contributed by atoms with E-state index >= 15 is 0 Å². The third-order valence-corrected chi connectivity index (χ3v) is 2.15. The highest BCUT2D eigenvalue weighted by molar-refractivity contribution is 5.82. The predicted molar refractivity (Wildman–Crippen MR) is 56.0 cm³/mol. The number of hydrogen-bond donors (Lipinski definition) is 1. The molecule has 1 atom stereocenters. The van der Waals surface area contributed by atoms with E-state index in [1.165, 1.54) is 6.92 Å². The number of hydrogen-bond acceptors (Lipinski definition) is 4. The molecule has 0 heterocycles. The first-order valence-corrected chi connectivity index (χ1v) is 4.83. The molecule has 0 aliphatic heterocycles. The molecule has 0 saturated carbocycles. The highest BCUT2D eigenvalue weighted by Crippen LogP contribution is 2.34. The van der Waals surface area contributed by atoms with Gasteiger partial charge in [0.2, 0.25) is 0 Å². The van der Waals surface area contributed by atoms with E-state index in [1.807, 2.05) is 0 Å². The van der Waals surface area contributed by atoms with E-state index in [4.69, 9.17) is 14.6 Å². The van der Waals surface area contributed by atoms with Gasteiger partial charge in [-0.1, -0.05) is 0 Å². The Morgan fingerprint density at radius 2 is 2.11 bits per heavy atom. The van der Waals surface area contributed by atoms with Crippen LogP contribution in [-0.2, 0) is 4.79 Å². The second-order valence-corrected chi connectivity index (χ2v) is 3.33. The summed E-state index contributed by atoms with van der Waals surface area (Å²) in [6.07, 6.45) is -1.31. The second kappa shape index (κ2) is 5.44. The van der Waals surface area contributed by atoms with Gasteiger partial charge in [0, 0.05) is 6.07 Å². The number of carbonyl (C=O) groups excluding carboxylic acids is 1. The van der Waals surface area contributed by atoms with Crippen molar-refractivity contribution in [2.45, 2.75) is 13.0 Å². The van der Waals surface area contributed by atoms with Crippen LogP contribution in [0.3, 0.4) is 0 Å². The average molecular weight is 260 g/mol. The van der Waals surface area contributed by atoms with Crippen molar-refractivity contribution in [1.29, 1.82) is 0 Å². The average Bonchev–Trinajstić information content (AvgIpc) is 2.33. The summed E-state index contributed by atoms with van der Waals surface area (Å²) in [7, 11) is 1.15. The molecule has 0 aliphatic rings. The molecular formula is C11H10F2O5. The molecular weight excluding hydrogens is 250 g/mol. The van der Waals surface area contributed by atoms with Crippen LogP contribution in [0.4, 0.5) is 8.78 Å². The van der Waals surface area contributed by atoms with Crippen molar-refractivity contribution < 1.29 is 33.0 Å². The van der Waals surface area contributed by atoms with Crippen LogP contribution in [0.15, 0.2) is 6.07 Å². The molecule has 1 unspecified atom stereocenters. The molecule has 1 rings (SSSR count). The minimum absolute atomic E-state index is 0.0326. The molecule has 0 radical (unpaired) electrons. The van der Waals surface area contributed by atoms with Gasteiger partial charge in [-0.2, -0.15) is 0 Å². The van der Waals surface area contributed by atoms with Gasteiger partial charge in [-0.05, 0) is 6.92 Å². The lowest BCUT2D eigenvalue weighted by Gasteiger charge is -2.16. The lowest BCUT2D eigenvalue weighted by Crippen LogP contribution is -2.24. The van der Waals surface area contributed by atoms with Crippen LogP contribution < -0.4 is 9.47 Å². The van der Waals surface area contributed by atoms with E-state index in [2.05, 4.69) is 0 Å². The van der Waals surface area contributed by atoms with Gasteiger partial charge in [0.05, 0.1) is 12.7 Å². The van der Waals surface area contributed by atoms with Crippen molar-refractivity contribution in [3.8, 4) is 11.5 Å². The van der Waals surface area contributed by atoms with Crippen LogP contribution in [0, 0.1) is 11.6 Å². The van der Waals surface area contributed by atoms with Crippen molar-refractivity contribution in [2.75, 3.05) is 7.11 Å². The van der Waals surface area contributed by atoms with Crippen LogP contribution in [0.5, 0.6) is 11.5 Å². The Labute approximate surface area is 101 Å². The van der Waals surface area contributed by atoms with Crippen LogP contribution in [0.1, 0.15) is 17.3 Å². The van der Waals surface area contributed by atoms with Gasteiger partial charge in [-0.3, -0.25) is 4.79 Å². The van der Waals surface area contributed by atoms with Crippen LogP contribution >= 0.6 is 0 Å². The molecule has 0 aromatic heterocycles. The van der Waals surface area contributed by atoms with Gasteiger partial charge in [0.25, 0.3) is 0 Å². The summed E-state index contributed by atoms with van der Waals surface area (Å²) in [4.78, 5) is 21.4. The fraction of sp³-hybridized carbons (Fsp3) is 0.273. The van der Waals surface area contributed by atoms with Gasteiger partial charge < -0.3 is 14.6 Å². The molecule has 98 valence electrons. The SMILES string of the molecule is COc1cc(F)c(F)c(C=O)c1OC(C)C(=O)O. The van der Waals surface area contributed by atoms with E-state index in [0.717, 1.165) is 7.11 Å². The van der Waals surface area contributed by atoms with E-state index in [9.17, 15) is 18.4 Å². The highest BCUT2D eigenvalue weighted by Gasteiger charge is 2.23. The summed E-state index contributed by atoms with van der Waals surface area (Å²) in [5.41, 5.74) is -0.722. The standard InChI is InChI=1S/C11H10F2O5/c1-5(11(15)16)18-10-6(4-14)9(13)7(12)3-8(10)17-2/h3-5H,1-2H3,(H,15,16). The number of halogens is 2. The smallest absolute Gasteiger partial charge is 0.344 e. The van der Waals surface area contributed by atoms with Gasteiger partial charge in [-0.25, -0.2) is 13.6 Å². The maximum atomic E-state index is 13.3. The minimum atomic E-state index is -1.42. The van der Waals surface area contributed by atoms with Gasteiger partial charge in [0.15, 0.2) is 35.5 Å². The zero-order chi connectivity index (χ0) is 13.9. The molecule has 0 bridgehead atoms. The van der Waals surface area contributed by atoms with Gasteiger partial charge in [-0.15, -0.1) is 0 Å². The van der Waals surface area contributed by atoms with E-state index in [-0.39, 0.29) is 12.0 Å². The van der Waals surface area contributed by atoms with Crippen LogP contribution in [-0.4, -0.2) is 30.6 Å². The number of carboxylic acids is 1. The van der Waals surface area contributed by atoms with Crippen LogP contribution in [0.2, 0.25) is 0 Å². The molecule has 0 saturated heterocycles. The van der Waals surface area contributed by atoms with Crippen molar-refractivity contribution in [2.24, 2.45) is 0 Å². The van der Waals surface area contributed by atoms with E-state index in [0.29, 0.717) is 6.07 Å². The normalized spacial score (nSPS) is 11.8. The van der Waals surface area contributed by atoms with Crippen molar-refractivity contribution in [3.05, 3.63) is 23.3 Å². The first-order valence-electron chi connectivity index (χ1n) is 4.83. The number of carbonyl (C=O) groups is 2. The molecule has 1 aromatic carbocycles. The number of rotatable bonds is 5. The Bertz CT molecular complexity index is 487. The summed E-state index contributed by atoms with van der Waals surface area (Å²) in [5, 5.41) is 8.67. The third kappa shape index (κ3) is 2.55. The summed E-state index contributed by atoms with van der Waals surface area (Å²) < 4.78 is 36.1. The fourth-order valence-corrected chi connectivity index (χ4v) is 1.21. The Kier molecular flexibility index (Phi) is 4.19. The lowest BCUT2D eigenvalue weighted by molar-refractivity contribution is -0.144.